The van der Waals surface area contributed by atoms with Gasteiger partial charge in [-0.15, -0.1) is 0 Å². The van der Waals surface area contributed by atoms with Crippen molar-refractivity contribution >= 4 is 22.8 Å². The van der Waals surface area contributed by atoms with Gasteiger partial charge in [-0.3, -0.25) is 4.98 Å². The van der Waals surface area contributed by atoms with Crippen LogP contribution in [-0.2, 0) is 0 Å². The molecule has 2 amide bonds. The summed E-state index contributed by atoms with van der Waals surface area (Å²) in [5.41, 5.74) is 3.21. The Morgan fingerprint density at radius 3 is 2.56 bits per heavy atom. The number of piperazine rings is 1. The molecule has 1 fully saturated rings. The van der Waals surface area contributed by atoms with Gasteiger partial charge >= 0.3 is 6.03 Å². The lowest BCUT2D eigenvalue weighted by atomic mass is 10.0. The van der Waals surface area contributed by atoms with Crippen LogP contribution in [0.15, 0.2) is 54.9 Å². The van der Waals surface area contributed by atoms with Gasteiger partial charge < -0.3 is 15.1 Å². The van der Waals surface area contributed by atoms with Crippen LogP contribution in [0.25, 0.3) is 22.0 Å². The molecule has 0 atom stereocenters. The zero-order chi connectivity index (χ0) is 18.6. The fourth-order valence-electron chi connectivity index (χ4n) is 3.48. The number of carbonyl (C=O) groups excluding carboxylic acids is 1. The lowest BCUT2D eigenvalue weighted by Gasteiger charge is -2.35. The number of fused-ring (bicyclic) bond motifs is 1. The fourth-order valence-corrected chi connectivity index (χ4v) is 3.48. The largest absolute Gasteiger partial charge is 0.353 e. The van der Waals surface area contributed by atoms with Crippen LogP contribution in [-0.4, -0.2) is 53.6 Å². The van der Waals surface area contributed by atoms with E-state index < -0.39 is 0 Å². The van der Waals surface area contributed by atoms with Gasteiger partial charge in [-0.2, -0.15) is 0 Å². The smallest absolute Gasteiger partial charge is 0.317 e. The fraction of sp³-hybridized carbons (Fsp3) is 0.286. The van der Waals surface area contributed by atoms with Crippen LogP contribution in [0.5, 0.6) is 0 Å². The Labute approximate surface area is 158 Å². The van der Waals surface area contributed by atoms with Crippen molar-refractivity contribution in [2.24, 2.45) is 0 Å². The van der Waals surface area contributed by atoms with Crippen molar-refractivity contribution in [3.05, 3.63) is 54.9 Å². The molecule has 1 aliphatic heterocycles. The van der Waals surface area contributed by atoms with Crippen molar-refractivity contribution < 1.29 is 4.79 Å². The number of amides is 2. The Morgan fingerprint density at radius 2 is 1.81 bits per heavy atom. The molecule has 3 aromatic rings. The monoisotopic (exact) mass is 361 g/mol. The Kier molecular flexibility index (Phi) is 4.87. The number of aromatic nitrogens is 2. The molecule has 3 heterocycles. The third-order valence-corrected chi connectivity index (χ3v) is 4.92. The van der Waals surface area contributed by atoms with Crippen LogP contribution in [0.1, 0.15) is 6.92 Å². The van der Waals surface area contributed by atoms with Gasteiger partial charge in [0.15, 0.2) is 0 Å². The van der Waals surface area contributed by atoms with E-state index in [2.05, 4.69) is 45.5 Å². The van der Waals surface area contributed by atoms with Gasteiger partial charge in [-0.05, 0) is 36.8 Å². The quantitative estimate of drug-likeness (QED) is 0.778. The standard InChI is InChI=1S/C21H23N5O/c1-2-23-21(27)26-14-12-25(13-15-26)19-7-6-17-4-3-5-18(20(17)24-19)16-8-10-22-11-9-16/h3-11H,2,12-15H2,1H3,(H,23,27). The molecule has 1 aliphatic rings. The zero-order valence-electron chi connectivity index (χ0n) is 15.4. The number of anilines is 1. The van der Waals surface area contributed by atoms with Gasteiger partial charge in [-0.25, -0.2) is 9.78 Å². The van der Waals surface area contributed by atoms with Gasteiger partial charge in [0.25, 0.3) is 0 Å². The van der Waals surface area contributed by atoms with E-state index in [0.717, 1.165) is 40.9 Å². The molecular weight excluding hydrogens is 338 g/mol. The van der Waals surface area contributed by atoms with Crippen molar-refractivity contribution in [3.8, 4) is 11.1 Å². The van der Waals surface area contributed by atoms with E-state index in [-0.39, 0.29) is 6.03 Å². The first-order valence-corrected chi connectivity index (χ1v) is 9.34. The molecule has 27 heavy (non-hydrogen) atoms. The van der Waals surface area contributed by atoms with Crippen LogP contribution < -0.4 is 10.2 Å². The molecule has 0 bridgehead atoms. The summed E-state index contributed by atoms with van der Waals surface area (Å²) in [4.78, 5) is 25.2. The number of pyridine rings is 2. The lowest BCUT2D eigenvalue weighted by molar-refractivity contribution is 0.195. The molecule has 6 nitrogen and oxygen atoms in total. The summed E-state index contributed by atoms with van der Waals surface area (Å²) in [5.74, 6) is 0.958. The predicted molar refractivity (Wildman–Crippen MR) is 108 cm³/mol. The Hall–Kier alpha value is -3.15. The molecule has 0 spiro atoms. The Morgan fingerprint density at radius 1 is 1.04 bits per heavy atom. The highest BCUT2D eigenvalue weighted by Crippen LogP contribution is 2.29. The summed E-state index contributed by atoms with van der Waals surface area (Å²) in [6.45, 7) is 5.58. The molecule has 1 saturated heterocycles. The number of urea groups is 1. The molecule has 0 unspecified atom stereocenters. The Bertz CT molecular complexity index is 936. The SMILES string of the molecule is CCNC(=O)N1CCN(c2ccc3cccc(-c4ccncc4)c3n2)CC1. The van der Waals surface area contributed by atoms with Gasteiger partial charge in [-0.1, -0.05) is 18.2 Å². The number of para-hydroxylation sites is 1. The van der Waals surface area contributed by atoms with Crippen molar-refractivity contribution in [2.45, 2.75) is 6.92 Å². The van der Waals surface area contributed by atoms with Gasteiger partial charge in [0.2, 0.25) is 0 Å². The van der Waals surface area contributed by atoms with Gasteiger partial charge in [0.1, 0.15) is 5.82 Å². The predicted octanol–water partition coefficient (Wildman–Crippen LogP) is 3.15. The number of benzene rings is 1. The number of hydrogen-bond acceptors (Lipinski definition) is 4. The van der Waals surface area contributed by atoms with E-state index >= 15 is 0 Å². The summed E-state index contributed by atoms with van der Waals surface area (Å²) >= 11 is 0. The normalized spacial score (nSPS) is 14.4. The van der Waals surface area contributed by atoms with E-state index in [0.29, 0.717) is 19.6 Å². The highest BCUT2D eigenvalue weighted by Gasteiger charge is 2.21. The third-order valence-electron chi connectivity index (χ3n) is 4.92. The van der Waals surface area contributed by atoms with Crippen LogP contribution in [0, 0.1) is 0 Å². The highest BCUT2D eigenvalue weighted by atomic mass is 16.2. The second kappa shape index (κ2) is 7.61. The van der Waals surface area contributed by atoms with Gasteiger partial charge in [0, 0.05) is 56.1 Å². The summed E-state index contributed by atoms with van der Waals surface area (Å²) < 4.78 is 0. The minimum atomic E-state index is 0.0172. The summed E-state index contributed by atoms with van der Waals surface area (Å²) in [5, 5.41) is 3.99. The number of nitrogens with one attached hydrogen (secondary N) is 1. The van der Waals surface area contributed by atoms with E-state index in [1.807, 2.05) is 24.0 Å². The number of hydrogen-bond donors (Lipinski definition) is 1. The maximum absolute atomic E-state index is 12.0. The number of rotatable bonds is 3. The second-order valence-corrected chi connectivity index (χ2v) is 6.59. The minimum Gasteiger partial charge on any atom is -0.353 e. The first kappa shape index (κ1) is 17.3. The molecule has 1 aromatic carbocycles. The third kappa shape index (κ3) is 3.56. The summed E-state index contributed by atoms with van der Waals surface area (Å²) in [6.07, 6.45) is 3.61. The van der Waals surface area contributed by atoms with Crippen molar-refractivity contribution in [1.82, 2.24) is 20.2 Å². The number of nitrogens with zero attached hydrogens (tertiary/aromatic N) is 4. The first-order chi connectivity index (χ1) is 13.3. The average Bonchev–Trinajstić information content (AvgIpc) is 2.74. The van der Waals surface area contributed by atoms with Crippen molar-refractivity contribution in [3.63, 3.8) is 0 Å². The maximum atomic E-state index is 12.0. The van der Waals surface area contributed by atoms with E-state index in [4.69, 9.17) is 4.98 Å². The zero-order valence-corrected chi connectivity index (χ0v) is 15.4. The molecule has 0 aliphatic carbocycles. The van der Waals surface area contributed by atoms with E-state index in [9.17, 15) is 4.79 Å². The minimum absolute atomic E-state index is 0.0172. The highest BCUT2D eigenvalue weighted by molar-refractivity contribution is 5.94. The molecule has 4 rings (SSSR count). The van der Waals surface area contributed by atoms with Crippen LogP contribution in [0.4, 0.5) is 10.6 Å². The molecule has 1 N–H and O–H groups in total. The van der Waals surface area contributed by atoms with Crippen LogP contribution in [0.2, 0.25) is 0 Å². The molecule has 0 saturated carbocycles. The topological polar surface area (TPSA) is 61.4 Å². The lowest BCUT2D eigenvalue weighted by Crippen LogP contribution is -2.52. The van der Waals surface area contributed by atoms with Crippen molar-refractivity contribution in [2.75, 3.05) is 37.6 Å². The van der Waals surface area contributed by atoms with Crippen molar-refractivity contribution in [1.29, 1.82) is 0 Å². The molecule has 2 aromatic heterocycles. The molecule has 6 heteroatoms. The number of carbonyl (C=O) groups is 1. The second-order valence-electron chi connectivity index (χ2n) is 6.59. The molecular formula is C21H23N5O. The van der Waals surface area contributed by atoms with Crippen LogP contribution >= 0.6 is 0 Å². The average molecular weight is 361 g/mol. The van der Waals surface area contributed by atoms with Gasteiger partial charge in [0.05, 0.1) is 5.52 Å². The van der Waals surface area contributed by atoms with Crippen LogP contribution in [0.3, 0.4) is 0 Å². The van der Waals surface area contributed by atoms with E-state index in [1.165, 1.54) is 0 Å². The summed E-state index contributed by atoms with van der Waals surface area (Å²) in [6, 6.07) is 14.5. The molecule has 0 radical (unpaired) electrons. The Balaban J connectivity index is 1.60. The maximum Gasteiger partial charge on any atom is 0.317 e. The first-order valence-electron chi connectivity index (χ1n) is 9.34. The molecule has 138 valence electrons. The van der Waals surface area contributed by atoms with E-state index in [1.54, 1.807) is 12.4 Å². The summed E-state index contributed by atoms with van der Waals surface area (Å²) in [7, 11) is 0.